The Hall–Kier alpha value is -1.43. The average molecular weight is 344 g/mol. The van der Waals surface area contributed by atoms with Crippen LogP contribution < -0.4 is 4.72 Å². The summed E-state index contributed by atoms with van der Waals surface area (Å²) in [7, 11) is -3.72. The molecule has 18 heavy (non-hydrogen) atoms. The second-order valence-electron chi connectivity index (χ2n) is 3.22. The quantitative estimate of drug-likeness (QED) is 0.928. The summed E-state index contributed by atoms with van der Waals surface area (Å²) in [5.74, 6) is 0. The molecule has 0 saturated heterocycles. The third-order valence-electron chi connectivity index (χ3n) is 2.00. The van der Waals surface area contributed by atoms with Crippen molar-refractivity contribution in [3.63, 3.8) is 0 Å². The van der Waals surface area contributed by atoms with Gasteiger partial charge in [-0.05, 0) is 33.4 Å². The zero-order chi connectivity index (χ0) is 13.2. The van der Waals surface area contributed by atoms with Crippen molar-refractivity contribution in [3.05, 3.63) is 39.9 Å². The van der Waals surface area contributed by atoms with Gasteiger partial charge in [-0.15, -0.1) is 11.3 Å². The lowest BCUT2D eigenvalue weighted by molar-refractivity contribution is 0.601. The molecule has 0 aliphatic heterocycles. The van der Waals surface area contributed by atoms with E-state index >= 15 is 0 Å². The first-order valence-corrected chi connectivity index (χ1v) is 7.79. The van der Waals surface area contributed by atoms with E-state index in [4.69, 9.17) is 5.26 Å². The fourth-order valence-electron chi connectivity index (χ4n) is 1.20. The smallest absolute Gasteiger partial charge is 0.264 e. The molecular formula is C10H6BrN3O2S2. The van der Waals surface area contributed by atoms with E-state index < -0.39 is 10.0 Å². The number of aromatic nitrogens is 1. The molecule has 0 unspecified atom stereocenters. The normalized spacial score (nSPS) is 10.9. The van der Waals surface area contributed by atoms with Gasteiger partial charge in [0, 0.05) is 16.9 Å². The van der Waals surface area contributed by atoms with Crippen LogP contribution in [0, 0.1) is 11.3 Å². The monoisotopic (exact) mass is 343 g/mol. The van der Waals surface area contributed by atoms with Gasteiger partial charge in [-0.1, -0.05) is 0 Å². The SMILES string of the molecule is N#Cc1ccsc1NS(=O)(=O)c1cncc(Br)c1. The summed E-state index contributed by atoms with van der Waals surface area (Å²) in [6.07, 6.45) is 2.73. The Kier molecular flexibility index (Phi) is 3.65. The van der Waals surface area contributed by atoms with Crippen molar-refractivity contribution >= 4 is 42.3 Å². The molecule has 92 valence electrons. The fourth-order valence-corrected chi connectivity index (χ4v) is 3.77. The molecule has 0 aliphatic carbocycles. The van der Waals surface area contributed by atoms with Crippen molar-refractivity contribution in [1.82, 2.24) is 4.98 Å². The minimum absolute atomic E-state index is 0.0363. The number of nitriles is 1. The van der Waals surface area contributed by atoms with Gasteiger partial charge < -0.3 is 0 Å². The van der Waals surface area contributed by atoms with Gasteiger partial charge in [-0.25, -0.2) is 8.42 Å². The van der Waals surface area contributed by atoms with Crippen LogP contribution >= 0.6 is 27.3 Å². The van der Waals surface area contributed by atoms with Crippen LogP contribution in [0.1, 0.15) is 5.56 Å². The van der Waals surface area contributed by atoms with E-state index in [1.54, 1.807) is 11.4 Å². The number of thiophene rings is 1. The van der Waals surface area contributed by atoms with Crippen molar-refractivity contribution in [3.8, 4) is 6.07 Å². The summed E-state index contributed by atoms with van der Waals surface area (Å²) in [6.45, 7) is 0. The van der Waals surface area contributed by atoms with E-state index in [0.717, 1.165) is 11.3 Å². The maximum atomic E-state index is 12.0. The molecular weight excluding hydrogens is 338 g/mol. The van der Waals surface area contributed by atoms with Crippen LogP contribution in [0.5, 0.6) is 0 Å². The maximum Gasteiger partial charge on any atom is 0.264 e. The second-order valence-corrected chi connectivity index (χ2v) is 6.73. The minimum atomic E-state index is -3.72. The Bertz CT molecular complexity index is 719. The molecule has 8 heteroatoms. The molecule has 0 atom stereocenters. The number of anilines is 1. The van der Waals surface area contributed by atoms with Crippen molar-refractivity contribution in [2.45, 2.75) is 4.90 Å². The summed E-state index contributed by atoms with van der Waals surface area (Å²) in [5.41, 5.74) is 0.298. The lowest BCUT2D eigenvalue weighted by Gasteiger charge is -2.06. The Morgan fingerprint density at radius 2 is 2.22 bits per heavy atom. The molecule has 0 amide bonds. The first-order chi connectivity index (χ1) is 8.53. The number of hydrogen-bond acceptors (Lipinski definition) is 5. The van der Waals surface area contributed by atoms with Crippen molar-refractivity contribution in [1.29, 1.82) is 5.26 Å². The van der Waals surface area contributed by atoms with Gasteiger partial charge in [-0.3, -0.25) is 9.71 Å². The predicted octanol–water partition coefficient (Wildman–Crippen LogP) is 2.58. The number of rotatable bonds is 3. The van der Waals surface area contributed by atoms with Gasteiger partial charge in [0.1, 0.15) is 16.0 Å². The number of sulfonamides is 1. The largest absolute Gasteiger partial charge is 0.269 e. The summed E-state index contributed by atoms with van der Waals surface area (Å²) in [6, 6.07) is 4.92. The standard InChI is InChI=1S/C10H6BrN3O2S2/c11-8-3-9(6-13-5-8)18(15,16)14-10-7(4-12)1-2-17-10/h1-3,5-6,14H. The molecule has 0 spiro atoms. The number of nitrogens with zero attached hydrogens (tertiary/aromatic N) is 2. The van der Waals surface area contributed by atoms with Crippen LogP contribution in [-0.4, -0.2) is 13.4 Å². The minimum Gasteiger partial charge on any atom is -0.269 e. The summed E-state index contributed by atoms with van der Waals surface area (Å²) < 4.78 is 27.0. The lowest BCUT2D eigenvalue weighted by atomic mass is 10.4. The number of halogens is 1. The van der Waals surface area contributed by atoms with Gasteiger partial charge in [0.25, 0.3) is 10.0 Å². The van der Waals surface area contributed by atoms with Crippen molar-refractivity contribution in [2.75, 3.05) is 4.72 Å². The molecule has 0 aliphatic rings. The molecule has 2 aromatic heterocycles. The topological polar surface area (TPSA) is 82.9 Å². The molecule has 1 N–H and O–H groups in total. The van der Waals surface area contributed by atoms with Crippen molar-refractivity contribution in [2.24, 2.45) is 0 Å². The van der Waals surface area contributed by atoms with E-state index in [9.17, 15) is 8.42 Å². The molecule has 0 aromatic carbocycles. The van der Waals surface area contributed by atoms with Crippen LogP contribution in [0.3, 0.4) is 0 Å². The van der Waals surface area contributed by atoms with Crippen LogP contribution in [0.15, 0.2) is 39.3 Å². The first-order valence-electron chi connectivity index (χ1n) is 4.64. The van der Waals surface area contributed by atoms with E-state index in [2.05, 4.69) is 25.6 Å². The highest BCUT2D eigenvalue weighted by molar-refractivity contribution is 9.10. The Balaban J connectivity index is 2.37. The maximum absolute atomic E-state index is 12.0. The highest BCUT2D eigenvalue weighted by Crippen LogP contribution is 2.25. The molecule has 0 radical (unpaired) electrons. The number of nitrogens with one attached hydrogen (secondary N) is 1. The molecule has 2 heterocycles. The van der Waals surface area contributed by atoms with E-state index in [0.29, 0.717) is 15.0 Å². The summed E-state index contributed by atoms with van der Waals surface area (Å²) >= 11 is 4.31. The summed E-state index contributed by atoms with van der Waals surface area (Å²) in [5, 5.41) is 10.8. The Morgan fingerprint density at radius 3 is 2.89 bits per heavy atom. The highest BCUT2D eigenvalue weighted by atomic mass is 79.9. The Labute approximate surface area is 116 Å². The molecule has 5 nitrogen and oxygen atoms in total. The van der Waals surface area contributed by atoms with Gasteiger partial charge >= 0.3 is 0 Å². The third kappa shape index (κ3) is 2.69. The zero-order valence-corrected chi connectivity index (χ0v) is 12.0. The molecule has 0 saturated carbocycles. The molecule has 0 fully saturated rings. The van der Waals surface area contributed by atoms with Crippen LogP contribution in [0.4, 0.5) is 5.00 Å². The van der Waals surface area contributed by atoms with E-state index in [1.807, 2.05) is 6.07 Å². The Morgan fingerprint density at radius 1 is 1.44 bits per heavy atom. The first kappa shape index (κ1) is 13.0. The molecule has 2 rings (SSSR count). The third-order valence-corrected chi connectivity index (χ3v) is 4.71. The van der Waals surface area contributed by atoms with Crippen LogP contribution in [0.25, 0.3) is 0 Å². The highest BCUT2D eigenvalue weighted by Gasteiger charge is 2.17. The predicted molar refractivity (Wildman–Crippen MR) is 71.8 cm³/mol. The number of hydrogen-bond donors (Lipinski definition) is 1. The fraction of sp³-hybridized carbons (Fsp3) is 0. The number of pyridine rings is 1. The van der Waals surface area contributed by atoms with Crippen LogP contribution in [0.2, 0.25) is 0 Å². The van der Waals surface area contributed by atoms with Gasteiger partial charge in [0.15, 0.2) is 0 Å². The van der Waals surface area contributed by atoms with Gasteiger partial charge in [0.2, 0.25) is 0 Å². The van der Waals surface area contributed by atoms with E-state index in [1.165, 1.54) is 18.5 Å². The van der Waals surface area contributed by atoms with Crippen molar-refractivity contribution < 1.29 is 8.42 Å². The van der Waals surface area contributed by atoms with Gasteiger partial charge in [-0.2, -0.15) is 5.26 Å². The second kappa shape index (κ2) is 5.06. The molecule has 2 aromatic rings. The molecule has 0 bridgehead atoms. The van der Waals surface area contributed by atoms with E-state index in [-0.39, 0.29) is 4.90 Å². The average Bonchev–Trinajstić information content (AvgIpc) is 2.75. The lowest BCUT2D eigenvalue weighted by Crippen LogP contribution is -2.13. The summed E-state index contributed by atoms with van der Waals surface area (Å²) in [4.78, 5) is 3.83. The van der Waals surface area contributed by atoms with Crippen LogP contribution in [-0.2, 0) is 10.0 Å². The van der Waals surface area contributed by atoms with Gasteiger partial charge in [0.05, 0.1) is 5.56 Å². The zero-order valence-electron chi connectivity index (χ0n) is 8.79.